The molecule has 0 bridgehead atoms. The summed E-state index contributed by atoms with van der Waals surface area (Å²) in [5.41, 5.74) is 10.6. The van der Waals surface area contributed by atoms with Crippen LogP contribution in [-0.2, 0) is 11.2 Å². The summed E-state index contributed by atoms with van der Waals surface area (Å²) in [7, 11) is 0. The van der Waals surface area contributed by atoms with Crippen LogP contribution in [-0.4, -0.2) is 10.9 Å². The zero-order valence-corrected chi connectivity index (χ0v) is 12.0. The van der Waals surface area contributed by atoms with Crippen LogP contribution in [0.25, 0.3) is 0 Å². The average Bonchev–Trinajstić information content (AvgIpc) is 2.38. The van der Waals surface area contributed by atoms with Crippen molar-refractivity contribution in [1.29, 1.82) is 0 Å². The van der Waals surface area contributed by atoms with E-state index in [1.54, 1.807) is 12.3 Å². The lowest BCUT2D eigenvalue weighted by Crippen LogP contribution is -2.15. The second-order valence-electron chi connectivity index (χ2n) is 5.07. The molecule has 104 valence electrons. The van der Waals surface area contributed by atoms with Gasteiger partial charge in [-0.25, -0.2) is 4.98 Å². The number of pyridine rings is 1. The van der Waals surface area contributed by atoms with E-state index in [9.17, 15) is 4.79 Å². The Morgan fingerprint density at radius 3 is 2.55 bits per heavy atom. The molecule has 4 nitrogen and oxygen atoms in total. The topological polar surface area (TPSA) is 68.0 Å². The number of rotatable bonds is 3. The molecule has 1 aromatic carbocycles. The van der Waals surface area contributed by atoms with Crippen LogP contribution in [0, 0.1) is 20.8 Å². The van der Waals surface area contributed by atoms with Crippen LogP contribution in [0.1, 0.15) is 22.3 Å². The lowest BCUT2D eigenvalue weighted by molar-refractivity contribution is -0.115. The predicted molar refractivity (Wildman–Crippen MR) is 81.6 cm³/mol. The highest BCUT2D eigenvalue weighted by atomic mass is 16.1. The minimum Gasteiger partial charge on any atom is -0.397 e. The fourth-order valence-corrected chi connectivity index (χ4v) is 1.92. The molecule has 0 aliphatic heterocycles. The van der Waals surface area contributed by atoms with Crippen LogP contribution in [0.2, 0.25) is 0 Å². The van der Waals surface area contributed by atoms with E-state index in [1.807, 2.05) is 32.0 Å². The number of amides is 1. The summed E-state index contributed by atoms with van der Waals surface area (Å²) in [5, 5.41) is 2.79. The number of carbonyl (C=O) groups excluding carboxylic acids is 1. The molecule has 0 radical (unpaired) electrons. The summed E-state index contributed by atoms with van der Waals surface area (Å²) in [6, 6.07) is 7.82. The van der Waals surface area contributed by atoms with Crippen LogP contribution in [0.5, 0.6) is 0 Å². The smallest absolute Gasteiger partial charge is 0.229 e. The highest BCUT2D eigenvalue weighted by Gasteiger charge is 2.06. The van der Waals surface area contributed by atoms with Crippen molar-refractivity contribution in [2.45, 2.75) is 27.2 Å². The number of aromatic nitrogens is 1. The molecule has 2 rings (SSSR count). The molecule has 0 aliphatic rings. The number of nitrogens with two attached hydrogens (primary N) is 1. The van der Waals surface area contributed by atoms with Gasteiger partial charge in [-0.1, -0.05) is 18.2 Å². The quantitative estimate of drug-likeness (QED) is 0.900. The SMILES string of the molecule is Cc1ccc(CC(=O)Nc2cc(C)c(N)cn2)cc1C. The highest BCUT2D eigenvalue weighted by Crippen LogP contribution is 2.14. The minimum absolute atomic E-state index is 0.0788. The monoisotopic (exact) mass is 269 g/mol. The fourth-order valence-electron chi connectivity index (χ4n) is 1.92. The fraction of sp³-hybridized carbons (Fsp3) is 0.250. The maximum Gasteiger partial charge on any atom is 0.229 e. The van der Waals surface area contributed by atoms with Crippen molar-refractivity contribution in [3.63, 3.8) is 0 Å². The van der Waals surface area contributed by atoms with Gasteiger partial charge in [-0.2, -0.15) is 0 Å². The third-order valence-corrected chi connectivity index (χ3v) is 3.35. The molecule has 0 spiro atoms. The van der Waals surface area contributed by atoms with Crippen molar-refractivity contribution >= 4 is 17.4 Å². The molecular weight excluding hydrogens is 250 g/mol. The first-order chi connectivity index (χ1) is 9.45. The van der Waals surface area contributed by atoms with Gasteiger partial charge in [0.15, 0.2) is 0 Å². The summed E-state index contributed by atoms with van der Waals surface area (Å²) >= 11 is 0. The summed E-state index contributed by atoms with van der Waals surface area (Å²) in [4.78, 5) is 16.1. The largest absolute Gasteiger partial charge is 0.397 e. The molecule has 20 heavy (non-hydrogen) atoms. The lowest BCUT2D eigenvalue weighted by Gasteiger charge is -2.08. The van der Waals surface area contributed by atoms with Gasteiger partial charge in [0.05, 0.1) is 18.3 Å². The summed E-state index contributed by atoms with van der Waals surface area (Å²) in [5.74, 6) is 0.454. The molecule has 0 unspecified atom stereocenters. The molecule has 0 aliphatic carbocycles. The third-order valence-electron chi connectivity index (χ3n) is 3.35. The Morgan fingerprint density at radius 2 is 1.90 bits per heavy atom. The Morgan fingerprint density at radius 1 is 1.15 bits per heavy atom. The highest BCUT2D eigenvalue weighted by molar-refractivity contribution is 5.91. The maximum absolute atomic E-state index is 12.0. The van der Waals surface area contributed by atoms with E-state index in [0.29, 0.717) is 17.9 Å². The molecule has 0 saturated carbocycles. The molecule has 0 atom stereocenters. The molecule has 1 amide bonds. The molecule has 4 heteroatoms. The molecule has 0 saturated heterocycles. The average molecular weight is 269 g/mol. The second kappa shape index (κ2) is 5.74. The Hall–Kier alpha value is -2.36. The van der Waals surface area contributed by atoms with Gasteiger partial charge in [-0.3, -0.25) is 4.79 Å². The van der Waals surface area contributed by atoms with Crippen molar-refractivity contribution in [2.75, 3.05) is 11.1 Å². The number of anilines is 2. The molecule has 2 aromatic rings. The number of hydrogen-bond donors (Lipinski definition) is 2. The summed E-state index contributed by atoms with van der Waals surface area (Å²) < 4.78 is 0. The van der Waals surface area contributed by atoms with E-state index >= 15 is 0 Å². The second-order valence-corrected chi connectivity index (χ2v) is 5.07. The Labute approximate surface area is 119 Å². The van der Waals surface area contributed by atoms with Gasteiger partial charge in [0.25, 0.3) is 0 Å². The van der Waals surface area contributed by atoms with Gasteiger partial charge >= 0.3 is 0 Å². The van der Waals surface area contributed by atoms with E-state index < -0.39 is 0 Å². The zero-order valence-electron chi connectivity index (χ0n) is 12.0. The number of nitrogens with zero attached hydrogens (tertiary/aromatic N) is 1. The first-order valence-corrected chi connectivity index (χ1v) is 6.54. The van der Waals surface area contributed by atoms with Crippen LogP contribution in [0.3, 0.4) is 0 Å². The Balaban J connectivity index is 2.04. The number of aryl methyl sites for hydroxylation is 3. The van der Waals surface area contributed by atoms with E-state index in [2.05, 4.69) is 17.2 Å². The first-order valence-electron chi connectivity index (χ1n) is 6.54. The van der Waals surface area contributed by atoms with Crippen molar-refractivity contribution < 1.29 is 4.79 Å². The van der Waals surface area contributed by atoms with E-state index in [-0.39, 0.29) is 5.91 Å². The summed E-state index contributed by atoms with van der Waals surface area (Å²) in [6.45, 7) is 5.98. The van der Waals surface area contributed by atoms with Crippen molar-refractivity contribution in [2.24, 2.45) is 0 Å². The normalized spacial score (nSPS) is 10.3. The van der Waals surface area contributed by atoms with Gasteiger partial charge < -0.3 is 11.1 Å². The van der Waals surface area contributed by atoms with Crippen molar-refractivity contribution in [1.82, 2.24) is 4.98 Å². The number of benzene rings is 1. The van der Waals surface area contributed by atoms with Gasteiger partial charge in [0, 0.05) is 0 Å². The van der Waals surface area contributed by atoms with Crippen LogP contribution >= 0.6 is 0 Å². The van der Waals surface area contributed by atoms with Crippen LogP contribution < -0.4 is 11.1 Å². The predicted octanol–water partition coefficient (Wildman–Crippen LogP) is 2.77. The van der Waals surface area contributed by atoms with Gasteiger partial charge in [-0.15, -0.1) is 0 Å². The number of nitrogens with one attached hydrogen (secondary N) is 1. The molecule has 1 aromatic heterocycles. The maximum atomic E-state index is 12.0. The molecular formula is C16H19N3O. The molecule has 3 N–H and O–H groups in total. The van der Waals surface area contributed by atoms with Crippen LogP contribution in [0.4, 0.5) is 11.5 Å². The van der Waals surface area contributed by atoms with Gasteiger partial charge in [0.1, 0.15) is 5.82 Å². The third kappa shape index (κ3) is 3.35. The number of nitrogen functional groups attached to an aromatic ring is 1. The van der Waals surface area contributed by atoms with Gasteiger partial charge in [-0.05, 0) is 49.1 Å². The van der Waals surface area contributed by atoms with E-state index in [4.69, 9.17) is 5.73 Å². The van der Waals surface area contributed by atoms with Crippen molar-refractivity contribution in [3.8, 4) is 0 Å². The van der Waals surface area contributed by atoms with Gasteiger partial charge in [0.2, 0.25) is 5.91 Å². The van der Waals surface area contributed by atoms with Crippen LogP contribution in [0.15, 0.2) is 30.5 Å². The number of hydrogen-bond acceptors (Lipinski definition) is 3. The number of carbonyl (C=O) groups is 1. The van der Waals surface area contributed by atoms with Crippen molar-refractivity contribution in [3.05, 3.63) is 52.7 Å². The van der Waals surface area contributed by atoms with E-state index in [0.717, 1.165) is 11.1 Å². The molecule has 1 heterocycles. The zero-order chi connectivity index (χ0) is 14.7. The summed E-state index contributed by atoms with van der Waals surface area (Å²) in [6.07, 6.45) is 1.90. The Bertz CT molecular complexity index is 595. The Kier molecular flexibility index (Phi) is 4.03. The lowest BCUT2D eigenvalue weighted by atomic mass is 10.0. The molecule has 0 fully saturated rings. The minimum atomic E-state index is -0.0788. The standard InChI is InChI=1S/C16H19N3O/c1-10-4-5-13(6-11(10)2)8-16(20)19-15-7-12(3)14(17)9-18-15/h4-7,9H,8,17H2,1-3H3,(H,18,19,20). The van der Waals surface area contributed by atoms with E-state index in [1.165, 1.54) is 11.1 Å². The first kappa shape index (κ1) is 14.1.